The molecule has 0 aliphatic carbocycles. The second-order valence-electron chi connectivity index (χ2n) is 3.27. The third-order valence-corrected chi connectivity index (χ3v) is 3.60. The molecule has 0 bridgehead atoms. The van der Waals surface area contributed by atoms with Crippen LogP contribution in [0.15, 0.2) is 0 Å². The van der Waals surface area contributed by atoms with Crippen LogP contribution >= 0.6 is 27.7 Å². The van der Waals surface area contributed by atoms with Gasteiger partial charge >= 0.3 is 0 Å². The summed E-state index contributed by atoms with van der Waals surface area (Å²) in [5.74, 6) is 1.14. The van der Waals surface area contributed by atoms with Crippen molar-refractivity contribution >= 4 is 27.7 Å². The highest BCUT2D eigenvalue weighted by Crippen LogP contribution is 2.09. The Balaban J connectivity index is 3.82. The van der Waals surface area contributed by atoms with E-state index in [1.165, 1.54) is 0 Å². The normalized spacial score (nSPS) is 16.2. The van der Waals surface area contributed by atoms with Gasteiger partial charge in [-0.1, -0.05) is 22.9 Å². The van der Waals surface area contributed by atoms with E-state index in [0.29, 0.717) is 11.4 Å². The molecule has 0 fully saturated rings. The minimum Gasteiger partial charge on any atom is -0.391 e. The maximum Gasteiger partial charge on any atom is 0.0763 e. The van der Waals surface area contributed by atoms with Crippen LogP contribution < -0.4 is 0 Å². The molecule has 0 aliphatic rings. The van der Waals surface area contributed by atoms with Crippen LogP contribution in [0.2, 0.25) is 0 Å². The Kier molecular flexibility index (Phi) is 8.56. The number of hydrogen-bond donors (Lipinski definition) is 1. The molecule has 0 radical (unpaired) electrons. The Labute approximate surface area is 94.2 Å². The minimum absolute atomic E-state index is 0.249. The summed E-state index contributed by atoms with van der Waals surface area (Å²) in [5.41, 5.74) is 0. The number of aliphatic hydroxyl groups is 1. The van der Waals surface area contributed by atoms with E-state index < -0.39 is 0 Å². The van der Waals surface area contributed by atoms with Gasteiger partial charge in [0.25, 0.3) is 0 Å². The van der Waals surface area contributed by atoms with Crippen LogP contribution in [0.1, 0.15) is 13.3 Å². The Bertz CT molecular complexity index is 126. The molecule has 0 aromatic heterocycles. The van der Waals surface area contributed by atoms with E-state index in [4.69, 9.17) is 0 Å². The van der Waals surface area contributed by atoms with Gasteiger partial charge in [0.15, 0.2) is 0 Å². The summed E-state index contributed by atoms with van der Waals surface area (Å²) in [6.07, 6.45) is 3.02. The van der Waals surface area contributed by atoms with Gasteiger partial charge in [-0.2, -0.15) is 11.8 Å². The van der Waals surface area contributed by atoms with Gasteiger partial charge in [0.2, 0.25) is 0 Å². The van der Waals surface area contributed by atoms with Gasteiger partial charge in [0.1, 0.15) is 0 Å². The van der Waals surface area contributed by atoms with Crippen molar-refractivity contribution in [2.45, 2.75) is 25.5 Å². The quantitative estimate of drug-likeness (QED) is 0.714. The molecular formula is C9H20BrNOS. The standard InChI is InChI=1S/C9H20BrNOS/c1-4-8(7-13-3)11(2)6-9(12)5-10/h8-9,12H,4-7H2,1-3H3. The fraction of sp³-hybridized carbons (Fsp3) is 1.00. The predicted molar refractivity (Wildman–Crippen MR) is 64.9 cm³/mol. The largest absolute Gasteiger partial charge is 0.391 e. The first-order valence-electron chi connectivity index (χ1n) is 4.58. The van der Waals surface area contributed by atoms with Crippen molar-refractivity contribution in [2.24, 2.45) is 0 Å². The molecule has 2 nitrogen and oxygen atoms in total. The van der Waals surface area contributed by atoms with Crippen molar-refractivity contribution in [3.8, 4) is 0 Å². The highest BCUT2D eigenvalue weighted by atomic mass is 79.9. The summed E-state index contributed by atoms with van der Waals surface area (Å²) in [5, 5.41) is 10.1. The number of likely N-dealkylation sites (N-methyl/N-ethyl adjacent to an activating group) is 1. The van der Waals surface area contributed by atoms with Gasteiger partial charge in [-0.15, -0.1) is 0 Å². The van der Waals surface area contributed by atoms with Crippen molar-refractivity contribution in [3.63, 3.8) is 0 Å². The first-order chi connectivity index (χ1) is 6.15. The van der Waals surface area contributed by atoms with E-state index in [0.717, 1.165) is 18.7 Å². The molecular weight excluding hydrogens is 250 g/mol. The highest BCUT2D eigenvalue weighted by Gasteiger charge is 2.14. The van der Waals surface area contributed by atoms with E-state index in [1.54, 1.807) is 0 Å². The fourth-order valence-electron chi connectivity index (χ4n) is 1.28. The topological polar surface area (TPSA) is 23.5 Å². The zero-order valence-electron chi connectivity index (χ0n) is 8.66. The summed E-state index contributed by atoms with van der Waals surface area (Å²) in [7, 11) is 2.08. The van der Waals surface area contributed by atoms with Crippen LogP contribution in [0.25, 0.3) is 0 Å². The lowest BCUT2D eigenvalue weighted by molar-refractivity contribution is 0.125. The van der Waals surface area contributed by atoms with Gasteiger partial charge in [0.05, 0.1) is 6.10 Å². The summed E-state index contributed by atoms with van der Waals surface area (Å²) in [6.45, 7) is 2.95. The van der Waals surface area contributed by atoms with Crippen molar-refractivity contribution < 1.29 is 5.11 Å². The first kappa shape index (κ1) is 13.8. The number of rotatable bonds is 7. The first-order valence-corrected chi connectivity index (χ1v) is 7.10. The minimum atomic E-state index is -0.249. The molecule has 13 heavy (non-hydrogen) atoms. The lowest BCUT2D eigenvalue weighted by Gasteiger charge is -2.27. The monoisotopic (exact) mass is 269 g/mol. The van der Waals surface area contributed by atoms with Crippen molar-refractivity contribution in [1.29, 1.82) is 0 Å². The predicted octanol–water partition coefficient (Wildman–Crippen LogP) is 1.82. The molecule has 1 N–H and O–H groups in total. The van der Waals surface area contributed by atoms with Gasteiger partial charge < -0.3 is 10.0 Å². The van der Waals surface area contributed by atoms with Crippen molar-refractivity contribution in [3.05, 3.63) is 0 Å². The van der Waals surface area contributed by atoms with Crippen LogP contribution in [0, 0.1) is 0 Å². The average molecular weight is 270 g/mol. The molecule has 0 aliphatic heterocycles. The zero-order valence-corrected chi connectivity index (χ0v) is 11.1. The van der Waals surface area contributed by atoms with E-state index in [9.17, 15) is 5.11 Å². The average Bonchev–Trinajstić information content (AvgIpc) is 2.13. The molecule has 4 heteroatoms. The third kappa shape index (κ3) is 5.94. The number of hydrogen-bond acceptors (Lipinski definition) is 3. The smallest absolute Gasteiger partial charge is 0.0763 e. The number of nitrogens with zero attached hydrogens (tertiary/aromatic N) is 1. The van der Waals surface area contributed by atoms with E-state index in [1.807, 2.05) is 11.8 Å². The Morgan fingerprint density at radius 2 is 2.15 bits per heavy atom. The fourth-order valence-corrected chi connectivity index (χ4v) is 2.36. The Morgan fingerprint density at radius 1 is 1.54 bits per heavy atom. The summed E-state index contributed by atoms with van der Waals surface area (Å²) in [6, 6.07) is 0.587. The SMILES string of the molecule is CCC(CSC)N(C)CC(O)CBr. The number of halogens is 1. The molecule has 80 valence electrons. The Hall–Kier alpha value is 0.750. The van der Waals surface area contributed by atoms with Crippen LogP contribution in [0.5, 0.6) is 0 Å². The second-order valence-corrected chi connectivity index (χ2v) is 4.82. The van der Waals surface area contributed by atoms with Crippen LogP contribution in [-0.4, -0.2) is 53.1 Å². The van der Waals surface area contributed by atoms with Gasteiger partial charge in [-0.25, -0.2) is 0 Å². The summed E-state index contributed by atoms with van der Waals surface area (Å²) in [4.78, 5) is 2.24. The molecule has 0 heterocycles. The van der Waals surface area contributed by atoms with Gasteiger partial charge in [0, 0.05) is 23.7 Å². The number of aliphatic hydroxyl groups excluding tert-OH is 1. The molecule has 0 aromatic rings. The summed E-state index contributed by atoms with van der Waals surface area (Å²) >= 11 is 5.13. The molecule has 0 spiro atoms. The van der Waals surface area contributed by atoms with Gasteiger partial charge in [-0.3, -0.25) is 0 Å². The molecule has 0 saturated carbocycles. The zero-order chi connectivity index (χ0) is 10.3. The van der Waals surface area contributed by atoms with Crippen molar-refractivity contribution in [2.75, 3.05) is 30.9 Å². The molecule has 0 rings (SSSR count). The third-order valence-electron chi connectivity index (χ3n) is 2.13. The van der Waals surface area contributed by atoms with Crippen LogP contribution in [-0.2, 0) is 0 Å². The van der Waals surface area contributed by atoms with Crippen LogP contribution in [0.4, 0.5) is 0 Å². The number of alkyl halides is 1. The highest BCUT2D eigenvalue weighted by molar-refractivity contribution is 9.09. The molecule has 2 unspecified atom stereocenters. The molecule has 0 saturated heterocycles. The van der Waals surface area contributed by atoms with Crippen LogP contribution in [0.3, 0.4) is 0 Å². The number of thioether (sulfide) groups is 1. The van der Waals surface area contributed by atoms with E-state index in [2.05, 4.69) is 41.1 Å². The molecule has 0 aromatic carbocycles. The Morgan fingerprint density at radius 3 is 2.54 bits per heavy atom. The lowest BCUT2D eigenvalue weighted by Crippen LogP contribution is -2.39. The maximum atomic E-state index is 9.45. The van der Waals surface area contributed by atoms with Crippen molar-refractivity contribution in [1.82, 2.24) is 4.90 Å². The summed E-state index contributed by atoms with van der Waals surface area (Å²) < 4.78 is 0. The van der Waals surface area contributed by atoms with E-state index >= 15 is 0 Å². The molecule has 2 atom stereocenters. The second kappa shape index (κ2) is 8.09. The van der Waals surface area contributed by atoms with E-state index in [-0.39, 0.29) is 6.10 Å². The maximum absolute atomic E-state index is 9.45. The molecule has 0 amide bonds. The van der Waals surface area contributed by atoms with Gasteiger partial charge in [-0.05, 0) is 19.7 Å². The lowest BCUT2D eigenvalue weighted by atomic mass is 10.2.